The number of benzene rings is 2. The van der Waals surface area contributed by atoms with Gasteiger partial charge in [0.15, 0.2) is 0 Å². The standard InChI is InChI=1S/C20H20N2O2S.C5H10O2/c21-25(23,24)18-12-14(13-6-2-1-3-7-13)10-11-16(18)20-19-15-8-4-5-9-17(15)22(19)20;1-5(2,3)7-4-6/h4-5,8-13H,1-3,6-7H2,(H2,21,23,24);4H,1-3H3. The fraction of sp³-hybridized carbons (Fsp3) is 0.400. The Bertz CT molecular complexity index is 1220. The lowest BCUT2D eigenvalue weighted by Crippen LogP contribution is -2.17. The molecule has 1 saturated carbocycles. The van der Waals surface area contributed by atoms with E-state index in [9.17, 15) is 13.2 Å². The molecule has 7 heteroatoms. The second kappa shape index (κ2) is 8.37. The third-order valence-corrected chi connectivity index (χ3v) is 7.02. The number of primary sulfonamides is 1. The zero-order chi connectivity index (χ0) is 23.1. The normalized spacial score (nSPS) is 15.8. The maximum atomic E-state index is 12.3. The first-order chi connectivity index (χ1) is 15.1. The van der Waals surface area contributed by atoms with Crippen molar-refractivity contribution in [2.45, 2.75) is 69.3 Å². The lowest BCUT2D eigenvalue weighted by molar-refractivity contribution is -0.138. The van der Waals surface area contributed by atoms with Gasteiger partial charge < -0.3 is 9.30 Å². The number of carbonyl (C=O) groups is 1. The second-order valence-electron chi connectivity index (χ2n) is 9.51. The molecule has 0 radical (unpaired) electrons. The van der Waals surface area contributed by atoms with E-state index in [0.29, 0.717) is 12.4 Å². The average molecular weight is 455 g/mol. The summed E-state index contributed by atoms with van der Waals surface area (Å²) in [6.07, 6.45) is 5.98. The van der Waals surface area contributed by atoms with E-state index in [-0.39, 0.29) is 10.5 Å². The molecule has 0 unspecified atom stereocenters. The van der Waals surface area contributed by atoms with E-state index in [1.165, 1.54) is 24.6 Å². The van der Waals surface area contributed by atoms with Crippen molar-refractivity contribution in [2.24, 2.45) is 5.14 Å². The van der Waals surface area contributed by atoms with E-state index in [0.717, 1.165) is 40.9 Å². The number of carbonyl (C=O) groups excluding carboxylic acids is 1. The van der Waals surface area contributed by atoms with Crippen molar-refractivity contribution in [3.8, 4) is 16.9 Å². The fourth-order valence-electron chi connectivity index (χ4n) is 4.52. The molecule has 0 aromatic heterocycles. The number of ether oxygens (including phenoxy) is 1. The Morgan fingerprint density at radius 1 is 1.06 bits per heavy atom. The van der Waals surface area contributed by atoms with Gasteiger partial charge in [0.1, 0.15) is 5.60 Å². The van der Waals surface area contributed by atoms with Crippen LogP contribution >= 0.6 is 0 Å². The zero-order valence-electron chi connectivity index (χ0n) is 18.8. The van der Waals surface area contributed by atoms with E-state index in [1.54, 1.807) is 0 Å². The molecule has 1 fully saturated rings. The molecule has 2 heterocycles. The zero-order valence-corrected chi connectivity index (χ0v) is 19.6. The van der Waals surface area contributed by atoms with Crippen LogP contribution in [0.25, 0.3) is 27.8 Å². The molecule has 0 atom stereocenters. The quantitative estimate of drug-likeness (QED) is 0.426. The molecule has 2 aromatic carbocycles. The largest absolute Gasteiger partial charge is 0.462 e. The van der Waals surface area contributed by atoms with Crippen LogP contribution in [0, 0.1) is 0 Å². The minimum atomic E-state index is -3.77. The van der Waals surface area contributed by atoms with Gasteiger partial charge in [-0.3, -0.25) is 4.79 Å². The fourth-order valence-corrected chi connectivity index (χ4v) is 5.29. The molecule has 5 rings (SSSR count). The molecule has 0 amide bonds. The van der Waals surface area contributed by atoms with Gasteiger partial charge in [-0.05, 0) is 57.2 Å². The van der Waals surface area contributed by atoms with E-state index < -0.39 is 10.0 Å². The van der Waals surface area contributed by atoms with Gasteiger partial charge in [0.25, 0.3) is 6.47 Å². The number of rotatable bonds is 4. The summed E-state index contributed by atoms with van der Waals surface area (Å²) in [6.45, 7) is 5.92. The SMILES string of the molecule is CC(C)(C)OC=O.NS(=O)(=O)c1cc(C2CCCCC2)ccc1-c1c2c3ccccc3n1-2. The second-order valence-corrected chi connectivity index (χ2v) is 11.0. The Hall–Kier alpha value is -2.64. The Kier molecular flexibility index (Phi) is 5.90. The van der Waals surface area contributed by atoms with E-state index in [1.807, 2.05) is 45.0 Å². The van der Waals surface area contributed by atoms with Crippen molar-refractivity contribution in [3.63, 3.8) is 0 Å². The first-order valence-corrected chi connectivity index (χ1v) is 12.6. The number of fused-ring (bicyclic) bond motifs is 4. The average Bonchev–Trinajstić information content (AvgIpc) is 3.40. The van der Waals surface area contributed by atoms with Crippen LogP contribution in [0.4, 0.5) is 0 Å². The van der Waals surface area contributed by atoms with Crippen LogP contribution in [0.15, 0.2) is 47.4 Å². The highest BCUT2D eigenvalue weighted by molar-refractivity contribution is 7.89. The lowest BCUT2D eigenvalue weighted by Gasteiger charge is -2.22. The highest BCUT2D eigenvalue weighted by atomic mass is 32.2. The molecule has 0 saturated heterocycles. The number of para-hydroxylation sites is 1. The maximum Gasteiger partial charge on any atom is 0.293 e. The number of nitrogens with zero attached hydrogens (tertiary/aromatic N) is 1. The topological polar surface area (TPSA) is 91.4 Å². The summed E-state index contributed by atoms with van der Waals surface area (Å²) < 4.78 is 31.2. The van der Waals surface area contributed by atoms with Crippen molar-refractivity contribution in [1.82, 2.24) is 4.57 Å². The number of nitrogens with two attached hydrogens (primary N) is 1. The van der Waals surface area contributed by atoms with Gasteiger partial charge in [-0.1, -0.05) is 49.6 Å². The van der Waals surface area contributed by atoms with Gasteiger partial charge in [-0.25, -0.2) is 13.6 Å². The Labute approximate surface area is 189 Å². The predicted octanol–water partition coefficient (Wildman–Crippen LogP) is 5.26. The molecule has 6 nitrogen and oxygen atoms in total. The monoisotopic (exact) mass is 454 g/mol. The minimum absolute atomic E-state index is 0.262. The first-order valence-electron chi connectivity index (χ1n) is 11.0. The molecule has 32 heavy (non-hydrogen) atoms. The van der Waals surface area contributed by atoms with Gasteiger partial charge in [-0.2, -0.15) is 0 Å². The van der Waals surface area contributed by atoms with Crippen molar-refractivity contribution >= 4 is 27.4 Å². The number of aromatic nitrogens is 1. The Morgan fingerprint density at radius 3 is 2.31 bits per heavy atom. The smallest absolute Gasteiger partial charge is 0.293 e. The van der Waals surface area contributed by atoms with Gasteiger partial charge in [0, 0.05) is 10.9 Å². The highest BCUT2D eigenvalue weighted by Crippen LogP contribution is 2.52. The molecule has 170 valence electrons. The third-order valence-electron chi connectivity index (χ3n) is 6.07. The van der Waals surface area contributed by atoms with Crippen LogP contribution in [0.2, 0.25) is 0 Å². The maximum absolute atomic E-state index is 12.3. The molecule has 2 aliphatic heterocycles. The first kappa shape index (κ1) is 22.6. The number of sulfonamides is 1. The van der Waals surface area contributed by atoms with Crippen LogP contribution in [0.1, 0.15) is 64.4 Å². The van der Waals surface area contributed by atoms with Crippen LogP contribution in [-0.2, 0) is 19.6 Å². The van der Waals surface area contributed by atoms with Gasteiger partial charge in [0.2, 0.25) is 10.0 Å². The molecular weight excluding hydrogens is 424 g/mol. The summed E-state index contributed by atoms with van der Waals surface area (Å²) in [4.78, 5) is 9.86. The van der Waals surface area contributed by atoms with Gasteiger partial charge in [0.05, 0.1) is 21.8 Å². The molecule has 3 aliphatic rings. The van der Waals surface area contributed by atoms with Crippen molar-refractivity contribution in [2.75, 3.05) is 0 Å². The van der Waals surface area contributed by atoms with Crippen LogP contribution < -0.4 is 5.14 Å². The summed E-state index contributed by atoms with van der Waals surface area (Å²) in [5, 5.41) is 6.76. The van der Waals surface area contributed by atoms with Gasteiger partial charge >= 0.3 is 0 Å². The number of hydrogen-bond acceptors (Lipinski definition) is 4. The molecule has 2 N–H and O–H groups in total. The van der Waals surface area contributed by atoms with Crippen molar-refractivity contribution in [1.29, 1.82) is 0 Å². The molecule has 2 aromatic rings. The third kappa shape index (κ3) is 4.45. The van der Waals surface area contributed by atoms with Crippen molar-refractivity contribution in [3.05, 3.63) is 48.0 Å². The van der Waals surface area contributed by atoms with Gasteiger partial charge in [-0.15, -0.1) is 0 Å². The minimum Gasteiger partial charge on any atom is -0.462 e. The summed E-state index contributed by atoms with van der Waals surface area (Å²) >= 11 is 0. The highest BCUT2D eigenvalue weighted by Gasteiger charge is 2.36. The molecule has 0 spiro atoms. The van der Waals surface area contributed by atoms with Crippen molar-refractivity contribution < 1.29 is 17.9 Å². The molecule has 1 aliphatic carbocycles. The number of hydrogen-bond donors (Lipinski definition) is 1. The summed E-state index contributed by atoms with van der Waals surface area (Å²) in [7, 11) is -3.77. The lowest BCUT2D eigenvalue weighted by atomic mass is 9.84. The van der Waals surface area contributed by atoms with E-state index in [4.69, 9.17) is 5.14 Å². The summed E-state index contributed by atoms with van der Waals surface area (Å²) in [6, 6.07) is 14.0. The Morgan fingerprint density at radius 2 is 1.75 bits per heavy atom. The summed E-state index contributed by atoms with van der Waals surface area (Å²) in [5.41, 5.74) is 4.78. The van der Waals surface area contributed by atoms with Crippen LogP contribution in [0.5, 0.6) is 0 Å². The van der Waals surface area contributed by atoms with Crippen LogP contribution in [0.3, 0.4) is 0 Å². The molecular formula is C25H30N2O4S. The van der Waals surface area contributed by atoms with Crippen LogP contribution in [-0.4, -0.2) is 25.1 Å². The summed E-state index contributed by atoms with van der Waals surface area (Å²) in [5.74, 6) is 0.453. The predicted molar refractivity (Wildman–Crippen MR) is 126 cm³/mol. The van der Waals surface area contributed by atoms with E-state index in [2.05, 4.69) is 27.5 Å². The Balaban J connectivity index is 0.000000307. The van der Waals surface area contributed by atoms with E-state index >= 15 is 0 Å². The molecule has 0 bridgehead atoms.